The molecular formula is C20H28N2O6S. The van der Waals surface area contributed by atoms with Crippen LogP contribution in [-0.4, -0.2) is 82.3 Å². The van der Waals surface area contributed by atoms with Crippen LogP contribution >= 0.6 is 11.8 Å². The van der Waals surface area contributed by atoms with Gasteiger partial charge in [0.15, 0.2) is 0 Å². The molecule has 0 spiro atoms. The van der Waals surface area contributed by atoms with E-state index in [1.165, 1.54) is 16.7 Å². The summed E-state index contributed by atoms with van der Waals surface area (Å²) in [6, 6.07) is 7.27. The van der Waals surface area contributed by atoms with Gasteiger partial charge in [0, 0.05) is 18.1 Å². The minimum absolute atomic E-state index is 0.116. The number of hydrogen-bond donors (Lipinski definition) is 3. The number of carboxylic acids is 1. The summed E-state index contributed by atoms with van der Waals surface area (Å²) in [5.41, 5.74) is 1.05. The Hall–Kier alpha value is -2.10. The molecule has 1 heterocycles. The smallest absolute Gasteiger partial charge is 0.327 e. The number of esters is 1. The predicted molar refractivity (Wildman–Crippen MR) is 110 cm³/mol. The van der Waals surface area contributed by atoms with Crippen LogP contribution < -0.4 is 5.32 Å². The van der Waals surface area contributed by atoms with Gasteiger partial charge in [-0.25, -0.2) is 4.79 Å². The molecule has 0 saturated carbocycles. The van der Waals surface area contributed by atoms with E-state index in [4.69, 9.17) is 9.84 Å². The van der Waals surface area contributed by atoms with Gasteiger partial charge in [-0.1, -0.05) is 30.3 Å². The molecule has 29 heavy (non-hydrogen) atoms. The van der Waals surface area contributed by atoms with Crippen molar-refractivity contribution in [1.29, 1.82) is 0 Å². The molecule has 3 N–H and O–H groups in total. The standard InChI is InChI=1S/C20H28N2O6S/c1-14(18(24)22-9-12-29-13-17(22)19(25)26)21-16(20(27)28-11-10-23)8-7-15-5-3-2-4-6-15/h2-6,14,16-17,21,23H,7-13H2,1H3,(H,25,26)/t14-,16?,17?/m0/s1. The second-order valence-electron chi connectivity index (χ2n) is 6.82. The summed E-state index contributed by atoms with van der Waals surface area (Å²) >= 11 is 1.50. The third kappa shape index (κ3) is 7.02. The van der Waals surface area contributed by atoms with Crippen molar-refractivity contribution in [1.82, 2.24) is 10.2 Å². The molecule has 1 aromatic carbocycles. The van der Waals surface area contributed by atoms with Gasteiger partial charge in [0.2, 0.25) is 5.91 Å². The lowest BCUT2D eigenvalue weighted by molar-refractivity contribution is -0.151. The van der Waals surface area contributed by atoms with Gasteiger partial charge in [-0.3, -0.25) is 14.9 Å². The van der Waals surface area contributed by atoms with E-state index in [1.54, 1.807) is 6.92 Å². The first-order valence-corrected chi connectivity index (χ1v) is 10.8. The van der Waals surface area contributed by atoms with Gasteiger partial charge in [-0.05, 0) is 25.3 Å². The highest BCUT2D eigenvalue weighted by Gasteiger charge is 2.35. The fraction of sp³-hybridized carbons (Fsp3) is 0.550. The maximum atomic E-state index is 12.9. The molecule has 1 aliphatic rings. The first kappa shape index (κ1) is 23.2. The van der Waals surface area contributed by atoms with Crippen molar-refractivity contribution in [2.75, 3.05) is 31.3 Å². The van der Waals surface area contributed by atoms with Crippen molar-refractivity contribution in [3.05, 3.63) is 35.9 Å². The largest absolute Gasteiger partial charge is 0.480 e. The summed E-state index contributed by atoms with van der Waals surface area (Å²) < 4.78 is 5.05. The number of rotatable bonds is 10. The Balaban J connectivity index is 2.03. The average molecular weight is 425 g/mol. The molecule has 1 amide bonds. The van der Waals surface area contributed by atoms with Crippen molar-refractivity contribution < 1.29 is 29.3 Å². The van der Waals surface area contributed by atoms with E-state index >= 15 is 0 Å². The summed E-state index contributed by atoms with van der Waals surface area (Å²) in [6.07, 6.45) is 1.01. The number of nitrogens with zero attached hydrogens (tertiary/aromatic N) is 1. The van der Waals surface area contributed by atoms with Crippen LogP contribution in [0.25, 0.3) is 0 Å². The number of carbonyl (C=O) groups excluding carboxylic acids is 2. The molecular weight excluding hydrogens is 396 g/mol. The Bertz CT molecular complexity index is 687. The molecule has 1 aromatic rings. The van der Waals surface area contributed by atoms with E-state index in [0.29, 0.717) is 30.9 Å². The second-order valence-corrected chi connectivity index (χ2v) is 7.97. The van der Waals surface area contributed by atoms with E-state index < -0.39 is 30.1 Å². The Morgan fingerprint density at radius 2 is 2.03 bits per heavy atom. The van der Waals surface area contributed by atoms with Gasteiger partial charge >= 0.3 is 11.9 Å². The van der Waals surface area contributed by atoms with Gasteiger partial charge in [0.25, 0.3) is 0 Å². The Labute approximate surface area is 174 Å². The monoisotopic (exact) mass is 424 g/mol. The zero-order valence-electron chi connectivity index (χ0n) is 16.5. The van der Waals surface area contributed by atoms with Crippen LogP contribution in [0.15, 0.2) is 30.3 Å². The fourth-order valence-corrected chi connectivity index (χ4v) is 4.20. The lowest BCUT2D eigenvalue weighted by Gasteiger charge is -2.35. The molecule has 2 unspecified atom stereocenters. The number of carbonyl (C=O) groups is 3. The predicted octanol–water partition coefficient (Wildman–Crippen LogP) is 0.530. The first-order valence-electron chi connectivity index (χ1n) is 9.62. The molecule has 160 valence electrons. The van der Waals surface area contributed by atoms with Crippen LogP contribution in [0.3, 0.4) is 0 Å². The Morgan fingerprint density at radius 3 is 2.69 bits per heavy atom. The second kappa shape index (κ2) is 11.8. The van der Waals surface area contributed by atoms with Crippen LogP contribution in [0.5, 0.6) is 0 Å². The summed E-state index contributed by atoms with van der Waals surface area (Å²) in [5, 5.41) is 21.3. The molecule has 1 saturated heterocycles. The molecule has 3 atom stereocenters. The number of ether oxygens (including phenoxy) is 1. The van der Waals surface area contributed by atoms with Crippen LogP contribution in [0, 0.1) is 0 Å². The number of aliphatic hydroxyl groups excluding tert-OH is 1. The minimum atomic E-state index is -1.03. The maximum Gasteiger partial charge on any atom is 0.327 e. The molecule has 9 heteroatoms. The molecule has 0 bridgehead atoms. The third-order valence-corrected chi connectivity index (χ3v) is 5.73. The number of thioether (sulfide) groups is 1. The van der Waals surface area contributed by atoms with Crippen molar-refractivity contribution in [3.8, 4) is 0 Å². The van der Waals surface area contributed by atoms with Crippen LogP contribution in [-0.2, 0) is 25.5 Å². The van der Waals surface area contributed by atoms with Crippen molar-refractivity contribution in [3.63, 3.8) is 0 Å². The molecule has 0 aromatic heterocycles. The quantitative estimate of drug-likeness (QED) is 0.466. The molecule has 0 aliphatic carbocycles. The number of benzene rings is 1. The van der Waals surface area contributed by atoms with Crippen LogP contribution in [0.2, 0.25) is 0 Å². The first-order chi connectivity index (χ1) is 13.9. The highest BCUT2D eigenvalue weighted by Crippen LogP contribution is 2.18. The summed E-state index contributed by atoms with van der Waals surface area (Å²) in [6.45, 7) is 1.58. The Kier molecular flexibility index (Phi) is 9.43. The normalized spacial score (nSPS) is 18.7. The molecule has 1 aliphatic heterocycles. The number of aryl methyl sites for hydroxylation is 1. The zero-order valence-corrected chi connectivity index (χ0v) is 17.3. The maximum absolute atomic E-state index is 12.9. The topological polar surface area (TPSA) is 116 Å². The van der Waals surface area contributed by atoms with E-state index in [0.717, 1.165) is 5.56 Å². The van der Waals surface area contributed by atoms with Gasteiger partial charge in [-0.15, -0.1) is 0 Å². The van der Waals surface area contributed by atoms with Crippen molar-refractivity contribution >= 4 is 29.6 Å². The van der Waals surface area contributed by atoms with Crippen LogP contribution in [0.1, 0.15) is 18.9 Å². The van der Waals surface area contributed by atoms with E-state index in [2.05, 4.69) is 5.32 Å². The average Bonchev–Trinajstić information content (AvgIpc) is 2.74. The number of carboxylic acid groups (broad SMARTS) is 1. The minimum Gasteiger partial charge on any atom is -0.480 e. The lowest BCUT2D eigenvalue weighted by Crippen LogP contribution is -2.57. The van der Waals surface area contributed by atoms with E-state index in [9.17, 15) is 19.5 Å². The third-order valence-electron chi connectivity index (χ3n) is 4.70. The fourth-order valence-electron chi connectivity index (χ4n) is 3.17. The van der Waals surface area contributed by atoms with Gasteiger partial charge in [0.05, 0.1) is 12.6 Å². The summed E-state index contributed by atoms with van der Waals surface area (Å²) in [7, 11) is 0. The molecule has 1 fully saturated rings. The number of aliphatic hydroxyl groups is 1. The van der Waals surface area contributed by atoms with Crippen LogP contribution in [0.4, 0.5) is 0 Å². The highest BCUT2D eigenvalue weighted by molar-refractivity contribution is 7.99. The van der Waals surface area contributed by atoms with Crippen molar-refractivity contribution in [2.45, 2.75) is 37.9 Å². The number of hydrogen-bond acceptors (Lipinski definition) is 7. The number of nitrogens with one attached hydrogen (secondary N) is 1. The SMILES string of the molecule is C[C@H](NC(CCc1ccccc1)C(=O)OCCO)C(=O)N1CCSCC1C(=O)O. The zero-order chi connectivity index (χ0) is 21.2. The molecule has 2 rings (SSSR count). The van der Waals surface area contributed by atoms with Crippen molar-refractivity contribution in [2.24, 2.45) is 0 Å². The number of amides is 1. The van der Waals surface area contributed by atoms with Gasteiger partial charge < -0.3 is 19.8 Å². The molecule has 0 radical (unpaired) electrons. The summed E-state index contributed by atoms with van der Waals surface area (Å²) in [4.78, 5) is 38.1. The van der Waals surface area contributed by atoms with Gasteiger partial charge in [0.1, 0.15) is 18.7 Å². The molecule has 8 nitrogen and oxygen atoms in total. The lowest BCUT2D eigenvalue weighted by atomic mass is 10.0. The van der Waals surface area contributed by atoms with E-state index in [1.807, 2.05) is 30.3 Å². The van der Waals surface area contributed by atoms with E-state index in [-0.39, 0.29) is 19.1 Å². The van der Waals surface area contributed by atoms with Gasteiger partial charge in [-0.2, -0.15) is 11.8 Å². The Morgan fingerprint density at radius 1 is 1.31 bits per heavy atom. The number of aliphatic carboxylic acids is 1. The summed E-state index contributed by atoms with van der Waals surface area (Å²) in [5.74, 6) is -0.890. The highest BCUT2D eigenvalue weighted by atomic mass is 32.2.